The molecule has 2 aliphatic rings. The Balaban J connectivity index is 1.84. The van der Waals surface area contributed by atoms with Crippen molar-refractivity contribution in [1.82, 2.24) is 0 Å². The molecule has 2 N–H and O–H groups in total. The summed E-state index contributed by atoms with van der Waals surface area (Å²) in [6, 6.07) is 5.19. The number of benzene rings is 1. The van der Waals surface area contributed by atoms with Crippen LogP contribution in [0.15, 0.2) is 18.2 Å². The van der Waals surface area contributed by atoms with Crippen LogP contribution >= 0.6 is 0 Å². The highest BCUT2D eigenvalue weighted by Gasteiger charge is 2.41. The van der Waals surface area contributed by atoms with Crippen molar-refractivity contribution in [2.75, 3.05) is 7.11 Å². The van der Waals surface area contributed by atoms with Gasteiger partial charge in [-0.05, 0) is 55.2 Å². The summed E-state index contributed by atoms with van der Waals surface area (Å²) in [4.78, 5) is 0. The molecule has 1 aromatic rings. The molecule has 3 heteroatoms. The maximum atomic E-state index is 13.9. The fraction of sp³-hybridized carbons (Fsp3) is 0.625. The molecule has 2 saturated carbocycles. The van der Waals surface area contributed by atoms with E-state index in [0.29, 0.717) is 5.75 Å². The van der Waals surface area contributed by atoms with Crippen molar-refractivity contribution >= 4 is 0 Å². The summed E-state index contributed by atoms with van der Waals surface area (Å²) in [6.07, 6.45) is 7.13. The van der Waals surface area contributed by atoms with Gasteiger partial charge in [-0.3, -0.25) is 0 Å². The van der Waals surface area contributed by atoms with Gasteiger partial charge < -0.3 is 10.5 Å². The van der Waals surface area contributed by atoms with Crippen LogP contribution in [0.25, 0.3) is 0 Å². The Hall–Kier alpha value is -1.09. The number of halogens is 1. The molecule has 0 saturated heterocycles. The van der Waals surface area contributed by atoms with Gasteiger partial charge in [0.05, 0.1) is 7.11 Å². The summed E-state index contributed by atoms with van der Waals surface area (Å²) in [5.41, 5.74) is 7.17. The van der Waals surface area contributed by atoms with E-state index in [-0.39, 0.29) is 11.4 Å². The van der Waals surface area contributed by atoms with Gasteiger partial charge in [-0.25, -0.2) is 4.39 Å². The summed E-state index contributed by atoms with van der Waals surface area (Å²) in [5.74, 6) is 1.61. The Morgan fingerprint density at radius 2 is 2.05 bits per heavy atom. The Morgan fingerprint density at radius 3 is 2.68 bits per heavy atom. The molecule has 1 aromatic carbocycles. The molecule has 0 heterocycles. The van der Waals surface area contributed by atoms with E-state index in [4.69, 9.17) is 10.5 Å². The monoisotopic (exact) mass is 263 g/mol. The summed E-state index contributed by atoms with van der Waals surface area (Å²) >= 11 is 0. The van der Waals surface area contributed by atoms with Gasteiger partial charge >= 0.3 is 0 Å². The number of methoxy groups -OCH3 is 1. The zero-order valence-corrected chi connectivity index (χ0v) is 11.5. The van der Waals surface area contributed by atoms with Crippen LogP contribution < -0.4 is 10.5 Å². The highest BCUT2D eigenvalue weighted by molar-refractivity contribution is 5.33. The minimum Gasteiger partial charge on any atom is -0.494 e. The van der Waals surface area contributed by atoms with Crippen molar-refractivity contribution in [3.05, 3.63) is 29.6 Å². The molecular weight excluding hydrogens is 241 g/mol. The van der Waals surface area contributed by atoms with E-state index in [0.717, 1.165) is 36.7 Å². The predicted molar refractivity (Wildman–Crippen MR) is 73.5 cm³/mol. The van der Waals surface area contributed by atoms with E-state index in [1.807, 2.05) is 6.07 Å². The standard InChI is InChI=1S/C16H22FNO/c1-19-15-7-6-13(9-14(15)17)16(18)8-2-3-12(10-16)11-4-5-11/h6-7,9,11-12H,2-5,8,10,18H2,1H3. The van der Waals surface area contributed by atoms with E-state index in [2.05, 4.69) is 0 Å². The third-order valence-corrected chi connectivity index (χ3v) is 4.84. The lowest BCUT2D eigenvalue weighted by atomic mass is 9.71. The van der Waals surface area contributed by atoms with Crippen LogP contribution in [-0.4, -0.2) is 7.11 Å². The molecular formula is C16H22FNO. The average molecular weight is 263 g/mol. The minimum absolute atomic E-state index is 0.293. The van der Waals surface area contributed by atoms with E-state index >= 15 is 0 Å². The summed E-state index contributed by atoms with van der Waals surface area (Å²) in [7, 11) is 1.49. The second-order valence-electron chi connectivity index (χ2n) is 6.20. The maximum Gasteiger partial charge on any atom is 0.165 e. The molecule has 0 radical (unpaired) electrons. The highest BCUT2D eigenvalue weighted by Crippen LogP contribution is 2.48. The number of hydrogen-bond acceptors (Lipinski definition) is 2. The van der Waals surface area contributed by atoms with Crippen LogP contribution in [0.4, 0.5) is 4.39 Å². The predicted octanol–water partition coefficient (Wildman–Crippen LogP) is 3.59. The molecule has 3 rings (SSSR count). The lowest BCUT2D eigenvalue weighted by Gasteiger charge is -2.38. The van der Waals surface area contributed by atoms with Crippen LogP contribution in [0.3, 0.4) is 0 Å². The number of nitrogens with two attached hydrogens (primary N) is 1. The second-order valence-corrected chi connectivity index (χ2v) is 6.20. The third-order valence-electron chi connectivity index (χ3n) is 4.84. The van der Waals surface area contributed by atoms with E-state index in [1.54, 1.807) is 12.1 Å². The van der Waals surface area contributed by atoms with Crippen molar-refractivity contribution in [3.63, 3.8) is 0 Å². The van der Waals surface area contributed by atoms with Gasteiger partial charge in [0.15, 0.2) is 11.6 Å². The number of rotatable bonds is 3. The Kier molecular flexibility index (Phi) is 3.25. The van der Waals surface area contributed by atoms with Gasteiger partial charge in [-0.15, -0.1) is 0 Å². The Bertz CT molecular complexity index is 472. The first kappa shape index (κ1) is 12.9. The SMILES string of the molecule is COc1ccc(C2(N)CCCC(C3CC3)C2)cc1F. The molecule has 2 unspecified atom stereocenters. The van der Waals surface area contributed by atoms with Crippen molar-refractivity contribution < 1.29 is 9.13 Å². The molecule has 2 atom stereocenters. The van der Waals surface area contributed by atoms with Crippen LogP contribution in [0, 0.1) is 17.7 Å². The molecule has 0 spiro atoms. The van der Waals surface area contributed by atoms with Gasteiger partial charge in [0.25, 0.3) is 0 Å². The van der Waals surface area contributed by atoms with E-state index < -0.39 is 0 Å². The molecule has 2 nitrogen and oxygen atoms in total. The van der Waals surface area contributed by atoms with Crippen LogP contribution in [-0.2, 0) is 5.54 Å². The largest absolute Gasteiger partial charge is 0.494 e. The first-order valence-electron chi connectivity index (χ1n) is 7.25. The molecule has 0 aliphatic heterocycles. The lowest BCUT2D eigenvalue weighted by Crippen LogP contribution is -2.42. The van der Waals surface area contributed by atoms with E-state index in [9.17, 15) is 4.39 Å². The van der Waals surface area contributed by atoms with Crippen molar-refractivity contribution in [2.24, 2.45) is 17.6 Å². The first-order valence-corrected chi connectivity index (χ1v) is 7.25. The smallest absolute Gasteiger partial charge is 0.165 e. The number of hydrogen-bond donors (Lipinski definition) is 1. The zero-order valence-electron chi connectivity index (χ0n) is 11.5. The first-order chi connectivity index (χ1) is 9.12. The topological polar surface area (TPSA) is 35.2 Å². The van der Waals surface area contributed by atoms with Crippen LogP contribution in [0.5, 0.6) is 5.75 Å². The van der Waals surface area contributed by atoms with Gasteiger partial charge in [0.1, 0.15) is 0 Å². The summed E-state index contributed by atoms with van der Waals surface area (Å²) in [5, 5.41) is 0. The molecule has 104 valence electrons. The van der Waals surface area contributed by atoms with Crippen molar-refractivity contribution in [1.29, 1.82) is 0 Å². The lowest BCUT2D eigenvalue weighted by molar-refractivity contribution is 0.206. The quantitative estimate of drug-likeness (QED) is 0.904. The van der Waals surface area contributed by atoms with Crippen LogP contribution in [0.2, 0.25) is 0 Å². The van der Waals surface area contributed by atoms with Crippen LogP contribution in [0.1, 0.15) is 44.1 Å². The van der Waals surface area contributed by atoms with Gasteiger partial charge in [0, 0.05) is 5.54 Å². The summed E-state index contributed by atoms with van der Waals surface area (Å²) < 4.78 is 18.8. The fourth-order valence-corrected chi connectivity index (χ4v) is 3.56. The van der Waals surface area contributed by atoms with Gasteiger partial charge in [-0.1, -0.05) is 18.9 Å². The maximum absolute atomic E-state index is 13.9. The van der Waals surface area contributed by atoms with Gasteiger partial charge in [0.2, 0.25) is 0 Å². The van der Waals surface area contributed by atoms with Crippen molar-refractivity contribution in [3.8, 4) is 5.75 Å². The molecule has 19 heavy (non-hydrogen) atoms. The second kappa shape index (κ2) is 4.78. The minimum atomic E-state index is -0.349. The van der Waals surface area contributed by atoms with Crippen molar-refractivity contribution in [2.45, 2.75) is 44.1 Å². The van der Waals surface area contributed by atoms with E-state index in [1.165, 1.54) is 26.4 Å². The fourth-order valence-electron chi connectivity index (χ4n) is 3.56. The Morgan fingerprint density at radius 1 is 1.26 bits per heavy atom. The van der Waals surface area contributed by atoms with Gasteiger partial charge in [-0.2, -0.15) is 0 Å². The summed E-state index contributed by atoms with van der Waals surface area (Å²) in [6.45, 7) is 0. The highest BCUT2D eigenvalue weighted by atomic mass is 19.1. The Labute approximate surface area is 114 Å². The molecule has 0 bridgehead atoms. The normalized spacial score (nSPS) is 31.2. The molecule has 2 aliphatic carbocycles. The molecule has 0 aromatic heterocycles. The number of ether oxygens (including phenoxy) is 1. The molecule has 2 fully saturated rings. The molecule has 0 amide bonds. The zero-order chi connectivity index (χ0) is 13.5. The third kappa shape index (κ3) is 2.48. The average Bonchev–Trinajstić information content (AvgIpc) is 3.23.